The molecule has 0 atom stereocenters. The first-order chi connectivity index (χ1) is 9.16. The van der Waals surface area contributed by atoms with Gasteiger partial charge in [-0.25, -0.2) is 16.8 Å². The molecule has 3 N–H and O–H groups in total. The average Bonchev–Trinajstić information content (AvgIpc) is 2.32. The van der Waals surface area contributed by atoms with Gasteiger partial charge in [0.2, 0.25) is 0 Å². The van der Waals surface area contributed by atoms with Crippen molar-refractivity contribution in [3.8, 4) is 0 Å². The summed E-state index contributed by atoms with van der Waals surface area (Å²) < 4.78 is 46.5. The number of hydrogen-bond donors (Lipinski definition) is 2. The van der Waals surface area contributed by atoms with Crippen LogP contribution in [0.4, 0.5) is 5.69 Å². The third kappa shape index (κ3) is 4.62. The molecule has 1 aromatic carbocycles. The zero-order chi connectivity index (χ0) is 15.4. The largest absolute Gasteiger partial charge is 0.381 e. The molecular formula is C12H18N2O4S2. The van der Waals surface area contributed by atoms with Crippen molar-refractivity contribution in [1.82, 2.24) is 0 Å². The van der Waals surface area contributed by atoms with Gasteiger partial charge in [-0.3, -0.25) is 0 Å². The van der Waals surface area contributed by atoms with Crippen molar-refractivity contribution in [3.63, 3.8) is 0 Å². The van der Waals surface area contributed by atoms with Crippen LogP contribution in [-0.2, 0) is 19.7 Å². The molecule has 0 bridgehead atoms. The van der Waals surface area contributed by atoms with Crippen LogP contribution in [0, 0.1) is 0 Å². The van der Waals surface area contributed by atoms with Gasteiger partial charge in [-0.1, -0.05) is 12.2 Å². The first-order valence-corrected chi connectivity index (χ1v) is 9.57. The van der Waals surface area contributed by atoms with Crippen LogP contribution in [0.15, 0.2) is 40.1 Å². The minimum Gasteiger partial charge on any atom is -0.381 e. The zero-order valence-corrected chi connectivity index (χ0v) is 13.0. The zero-order valence-electron chi connectivity index (χ0n) is 11.3. The van der Waals surface area contributed by atoms with Crippen LogP contribution in [0.5, 0.6) is 0 Å². The maximum absolute atomic E-state index is 11.7. The minimum atomic E-state index is -3.53. The van der Waals surface area contributed by atoms with Crippen LogP contribution in [0.2, 0.25) is 0 Å². The second-order valence-electron chi connectivity index (χ2n) is 4.29. The summed E-state index contributed by atoms with van der Waals surface area (Å²) in [5.74, 6) is 0. The lowest BCUT2D eigenvalue weighted by Gasteiger charge is -2.11. The molecule has 1 aromatic rings. The standard InChI is InChI=1S/C12H18N2O4S2/c1-19(15,16)10-5-6-11(14-8-4-3-7-13)12(9-10)20(2,17)18/h3-6,9,14H,7-8,13H2,1-2H3/b4-3+. The summed E-state index contributed by atoms with van der Waals surface area (Å²) in [6.07, 6.45) is 5.56. The smallest absolute Gasteiger partial charge is 0.177 e. The molecule has 0 aromatic heterocycles. The number of rotatable bonds is 6. The lowest BCUT2D eigenvalue weighted by molar-refractivity contribution is 0.600. The van der Waals surface area contributed by atoms with Gasteiger partial charge in [-0.15, -0.1) is 0 Å². The van der Waals surface area contributed by atoms with E-state index in [1.807, 2.05) is 0 Å². The molecule has 112 valence electrons. The number of nitrogens with one attached hydrogen (secondary N) is 1. The Morgan fingerprint density at radius 1 is 1.10 bits per heavy atom. The number of nitrogens with two attached hydrogens (primary N) is 1. The molecule has 20 heavy (non-hydrogen) atoms. The summed E-state index contributed by atoms with van der Waals surface area (Å²) >= 11 is 0. The summed E-state index contributed by atoms with van der Waals surface area (Å²) in [7, 11) is -6.99. The summed E-state index contributed by atoms with van der Waals surface area (Å²) in [5.41, 5.74) is 5.66. The van der Waals surface area contributed by atoms with Crippen molar-refractivity contribution >= 4 is 25.4 Å². The molecule has 8 heteroatoms. The summed E-state index contributed by atoms with van der Waals surface area (Å²) in [4.78, 5) is -0.0671. The topological polar surface area (TPSA) is 106 Å². The van der Waals surface area contributed by atoms with Gasteiger partial charge >= 0.3 is 0 Å². The SMILES string of the molecule is CS(=O)(=O)c1ccc(NC/C=C/CN)c(S(C)(=O)=O)c1. The molecule has 0 heterocycles. The van der Waals surface area contributed by atoms with E-state index in [-0.39, 0.29) is 9.79 Å². The van der Waals surface area contributed by atoms with Gasteiger partial charge in [-0.2, -0.15) is 0 Å². The van der Waals surface area contributed by atoms with Crippen LogP contribution in [0.1, 0.15) is 0 Å². The van der Waals surface area contributed by atoms with Gasteiger partial charge < -0.3 is 11.1 Å². The van der Waals surface area contributed by atoms with E-state index in [2.05, 4.69) is 5.32 Å². The lowest BCUT2D eigenvalue weighted by atomic mass is 10.3. The fraction of sp³-hybridized carbons (Fsp3) is 0.333. The van der Waals surface area contributed by atoms with E-state index in [4.69, 9.17) is 5.73 Å². The quantitative estimate of drug-likeness (QED) is 0.736. The third-order valence-corrected chi connectivity index (χ3v) is 4.74. The Morgan fingerprint density at radius 2 is 1.75 bits per heavy atom. The van der Waals surface area contributed by atoms with E-state index >= 15 is 0 Å². The molecule has 0 amide bonds. The fourth-order valence-electron chi connectivity index (χ4n) is 1.53. The maximum Gasteiger partial charge on any atom is 0.177 e. The molecule has 6 nitrogen and oxygen atoms in total. The van der Waals surface area contributed by atoms with E-state index in [9.17, 15) is 16.8 Å². The highest BCUT2D eigenvalue weighted by Gasteiger charge is 2.17. The highest BCUT2D eigenvalue weighted by atomic mass is 32.2. The van der Waals surface area contributed by atoms with Crippen LogP contribution in [-0.4, -0.2) is 42.4 Å². The van der Waals surface area contributed by atoms with Gasteiger partial charge in [-0.05, 0) is 18.2 Å². The minimum absolute atomic E-state index is 0.0269. The lowest BCUT2D eigenvalue weighted by Crippen LogP contribution is -2.08. The molecule has 0 saturated heterocycles. The van der Waals surface area contributed by atoms with Crippen LogP contribution >= 0.6 is 0 Å². The monoisotopic (exact) mass is 318 g/mol. The molecule has 0 aliphatic rings. The van der Waals surface area contributed by atoms with Crippen LogP contribution < -0.4 is 11.1 Å². The Labute approximate surface area is 119 Å². The van der Waals surface area contributed by atoms with Crippen molar-refractivity contribution < 1.29 is 16.8 Å². The van der Waals surface area contributed by atoms with E-state index in [0.717, 1.165) is 12.5 Å². The van der Waals surface area contributed by atoms with E-state index in [0.29, 0.717) is 18.8 Å². The van der Waals surface area contributed by atoms with Crippen molar-refractivity contribution in [2.75, 3.05) is 30.9 Å². The fourth-order valence-corrected chi connectivity index (χ4v) is 3.14. The Balaban J connectivity index is 3.22. The molecule has 0 saturated carbocycles. The van der Waals surface area contributed by atoms with Crippen molar-refractivity contribution in [3.05, 3.63) is 30.4 Å². The highest BCUT2D eigenvalue weighted by molar-refractivity contribution is 7.91. The van der Waals surface area contributed by atoms with Gasteiger partial charge in [0.15, 0.2) is 19.7 Å². The van der Waals surface area contributed by atoms with Gasteiger partial charge in [0.1, 0.15) is 0 Å². The van der Waals surface area contributed by atoms with Gasteiger partial charge in [0.25, 0.3) is 0 Å². The molecular weight excluding hydrogens is 300 g/mol. The Bertz CT molecular complexity index is 707. The molecule has 0 radical (unpaired) electrons. The molecule has 0 spiro atoms. The van der Waals surface area contributed by atoms with Crippen molar-refractivity contribution in [2.45, 2.75) is 9.79 Å². The number of sulfone groups is 2. The summed E-state index contributed by atoms with van der Waals surface area (Å²) in [6, 6.07) is 3.99. The second-order valence-corrected chi connectivity index (χ2v) is 8.29. The number of anilines is 1. The van der Waals surface area contributed by atoms with Crippen LogP contribution in [0.25, 0.3) is 0 Å². The molecule has 0 unspecified atom stereocenters. The van der Waals surface area contributed by atoms with Gasteiger partial charge in [0, 0.05) is 25.6 Å². The molecule has 1 rings (SSSR count). The summed E-state index contributed by atoms with van der Waals surface area (Å²) in [5, 5.41) is 2.92. The predicted molar refractivity (Wildman–Crippen MR) is 79.3 cm³/mol. The second kappa shape index (κ2) is 6.38. The average molecular weight is 318 g/mol. The van der Waals surface area contributed by atoms with Gasteiger partial charge in [0.05, 0.1) is 15.5 Å². The molecule has 0 aliphatic carbocycles. The van der Waals surface area contributed by atoms with Crippen molar-refractivity contribution in [1.29, 1.82) is 0 Å². The normalized spacial score (nSPS) is 12.8. The Kier molecular flexibility index (Phi) is 5.32. The molecule has 0 fully saturated rings. The van der Waals surface area contributed by atoms with E-state index < -0.39 is 19.7 Å². The Morgan fingerprint density at radius 3 is 2.25 bits per heavy atom. The number of hydrogen-bond acceptors (Lipinski definition) is 6. The van der Waals surface area contributed by atoms with E-state index in [1.165, 1.54) is 18.2 Å². The predicted octanol–water partition coefficient (Wildman–Crippen LogP) is 0.420. The Hall–Kier alpha value is -1.38. The maximum atomic E-state index is 11.7. The van der Waals surface area contributed by atoms with Crippen molar-refractivity contribution in [2.24, 2.45) is 5.73 Å². The molecule has 0 aliphatic heterocycles. The van der Waals surface area contributed by atoms with E-state index in [1.54, 1.807) is 12.2 Å². The first kappa shape index (κ1) is 16.7. The highest BCUT2D eigenvalue weighted by Crippen LogP contribution is 2.24. The third-order valence-electron chi connectivity index (χ3n) is 2.49. The van der Waals surface area contributed by atoms with Crippen LogP contribution in [0.3, 0.4) is 0 Å². The first-order valence-electron chi connectivity index (χ1n) is 5.79. The summed E-state index contributed by atoms with van der Waals surface area (Å²) in [6.45, 7) is 0.797. The number of benzene rings is 1.